The normalized spacial score (nSPS) is 49.5. The van der Waals surface area contributed by atoms with Crippen LogP contribution < -0.4 is 0 Å². The van der Waals surface area contributed by atoms with Crippen molar-refractivity contribution in [3.63, 3.8) is 0 Å². The molecule has 0 radical (unpaired) electrons. The molecule has 0 spiro atoms. The topological polar surface area (TPSA) is 149 Å². The number of ether oxygens (including phenoxy) is 3. The van der Waals surface area contributed by atoms with Crippen LogP contribution in [0, 0.1) is 0 Å². The second-order valence-electron chi connectivity index (χ2n) is 5.31. The molecule has 0 aromatic carbocycles. The summed E-state index contributed by atoms with van der Waals surface area (Å²) in [6.45, 7) is -0.587. The van der Waals surface area contributed by atoms with E-state index >= 15 is 0 Å². The Morgan fingerprint density at radius 2 is 1.59 bits per heavy atom. The van der Waals surface area contributed by atoms with Gasteiger partial charge in [0.2, 0.25) is 0 Å². The molecule has 2 aliphatic heterocycles. The third-order valence-corrected chi connectivity index (χ3v) is 4.44. The van der Waals surface area contributed by atoms with Crippen LogP contribution in [-0.4, -0.2) is 105 Å². The van der Waals surface area contributed by atoms with Gasteiger partial charge in [-0.3, -0.25) is 0 Å². The zero-order valence-electron chi connectivity index (χ0n) is 11.9. The van der Waals surface area contributed by atoms with Crippen molar-refractivity contribution >= 4 is 11.8 Å². The van der Waals surface area contributed by atoms with E-state index < -0.39 is 61.9 Å². The Balaban J connectivity index is 2.04. The molecule has 2 fully saturated rings. The molecule has 22 heavy (non-hydrogen) atoms. The Kier molecular flexibility index (Phi) is 6.42. The van der Waals surface area contributed by atoms with Crippen molar-refractivity contribution in [3.05, 3.63) is 0 Å². The Labute approximate surface area is 131 Å². The first-order valence-corrected chi connectivity index (χ1v) is 8.26. The molecule has 9 nitrogen and oxygen atoms in total. The quantitative estimate of drug-likeness (QED) is 0.299. The van der Waals surface area contributed by atoms with Crippen LogP contribution in [0.4, 0.5) is 0 Å². The maximum Gasteiger partial charge on any atom is 0.187 e. The van der Waals surface area contributed by atoms with Gasteiger partial charge in [0.05, 0.1) is 12.7 Å². The van der Waals surface area contributed by atoms with Gasteiger partial charge in [0.1, 0.15) is 36.6 Å². The fourth-order valence-electron chi connectivity index (χ4n) is 2.51. The van der Waals surface area contributed by atoms with E-state index in [4.69, 9.17) is 19.3 Å². The summed E-state index contributed by atoms with van der Waals surface area (Å²) < 4.78 is 15.6. The average molecular weight is 342 g/mol. The van der Waals surface area contributed by atoms with Crippen LogP contribution in [0.25, 0.3) is 0 Å². The summed E-state index contributed by atoms with van der Waals surface area (Å²) in [5.74, 6) is 0.429. The Hall–Kier alpha value is -0.0100. The van der Waals surface area contributed by atoms with Gasteiger partial charge in [-0.25, -0.2) is 0 Å². The highest BCUT2D eigenvalue weighted by Gasteiger charge is 2.50. The summed E-state index contributed by atoms with van der Waals surface area (Å²) in [6, 6.07) is 0. The van der Waals surface area contributed by atoms with Crippen LogP contribution >= 0.6 is 11.8 Å². The summed E-state index contributed by atoms with van der Waals surface area (Å²) in [5, 5.41) is 58.3. The molecular formula is C12H22O9S. The van der Waals surface area contributed by atoms with Crippen LogP contribution in [0.3, 0.4) is 0 Å². The Bertz CT molecular complexity index is 359. The number of aliphatic hydroxyl groups is 6. The standard InChI is InChI=1S/C12H22O9S/c1-22-3-5-6(14)8(16)12(20-5)21-10-7(15)4(2-13)19-11(18)9(10)17/h4-18H,2-3H2,1H3/t4?,5-,6?,7-,8?,9?,10+,11+,12-/m1/s1. The molecule has 0 aromatic heterocycles. The summed E-state index contributed by atoms with van der Waals surface area (Å²) in [4.78, 5) is 0. The van der Waals surface area contributed by atoms with E-state index in [2.05, 4.69) is 0 Å². The SMILES string of the molecule is CSC[C@H]1O[C@H](O[C@@H]2C(O)[C@@H](O)OC(CO)[C@H]2O)C(O)C1O. The lowest BCUT2D eigenvalue weighted by Gasteiger charge is -2.41. The molecule has 0 saturated carbocycles. The van der Waals surface area contributed by atoms with Gasteiger partial charge in [-0.1, -0.05) is 0 Å². The molecular weight excluding hydrogens is 320 g/mol. The van der Waals surface area contributed by atoms with Gasteiger partial charge < -0.3 is 44.8 Å². The molecule has 0 amide bonds. The number of aliphatic hydroxyl groups excluding tert-OH is 6. The molecule has 9 atom stereocenters. The molecule has 2 saturated heterocycles. The molecule has 2 rings (SSSR count). The molecule has 130 valence electrons. The van der Waals surface area contributed by atoms with Gasteiger partial charge in [-0.05, 0) is 6.26 Å². The van der Waals surface area contributed by atoms with Gasteiger partial charge in [0.15, 0.2) is 12.6 Å². The second-order valence-corrected chi connectivity index (χ2v) is 6.22. The van der Waals surface area contributed by atoms with Crippen LogP contribution in [0.5, 0.6) is 0 Å². The van der Waals surface area contributed by atoms with E-state index in [1.807, 2.05) is 6.26 Å². The van der Waals surface area contributed by atoms with E-state index in [-0.39, 0.29) is 0 Å². The number of rotatable bonds is 5. The van der Waals surface area contributed by atoms with Crippen LogP contribution in [0.1, 0.15) is 0 Å². The smallest absolute Gasteiger partial charge is 0.187 e. The van der Waals surface area contributed by atoms with Crippen molar-refractivity contribution in [1.82, 2.24) is 0 Å². The van der Waals surface area contributed by atoms with E-state index in [0.29, 0.717) is 5.75 Å². The highest BCUT2D eigenvalue weighted by molar-refractivity contribution is 7.98. The minimum Gasteiger partial charge on any atom is -0.394 e. The van der Waals surface area contributed by atoms with Gasteiger partial charge in [0, 0.05) is 5.75 Å². The molecule has 10 heteroatoms. The predicted molar refractivity (Wildman–Crippen MR) is 73.9 cm³/mol. The van der Waals surface area contributed by atoms with E-state index in [9.17, 15) is 25.5 Å². The van der Waals surface area contributed by atoms with Crippen LogP contribution in [0.2, 0.25) is 0 Å². The molecule has 0 aromatic rings. The van der Waals surface area contributed by atoms with E-state index in [1.54, 1.807) is 0 Å². The van der Waals surface area contributed by atoms with Gasteiger partial charge in [0.25, 0.3) is 0 Å². The first-order valence-electron chi connectivity index (χ1n) is 6.87. The maximum atomic E-state index is 10.0. The maximum absolute atomic E-state index is 10.0. The van der Waals surface area contributed by atoms with Gasteiger partial charge in [-0.15, -0.1) is 0 Å². The second kappa shape index (κ2) is 7.71. The minimum absolute atomic E-state index is 0.429. The van der Waals surface area contributed by atoms with Crippen molar-refractivity contribution in [2.24, 2.45) is 0 Å². The Morgan fingerprint density at radius 3 is 2.18 bits per heavy atom. The van der Waals surface area contributed by atoms with E-state index in [0.717, 1.165) is 0 Å². The van der Waals surface area contributed by atoms with Crippen LogP contribution in [-0.2, 0) is 14.2 Å². The molecule has 0 bridgehead atoms. The summed E-state index contributed by atoms with van der Waals surface area (Å²) >= 11 is 1.41. The lowest BCUT2D eigenvalue weighted by molar-refractivity contribution is -0.320. The highest BCUT2D eigenvalue weighted by Crippen LogP contribution is 2.29. The summed E-state index contributed by atoms with van der Waals surface area (Å²) in [6.07, 6.45) is -9.81. The van der Waals surface area contributed by atoms with Crippen LogP contribution in [0.15, 0.2) is 0 Å². The average Bonchev–Trinajstić information content (AvgIpc) is 2.76. The largest absolute Gasteiger partial charge is 0.394 e. The fraction of sp³-hybridized carbons (Fsp3) is 1.00. The number of hydrogen-bond donors (Lipinski definition) is 6. The first-order chi connectivity index (χ1) is 10.4. The first kappa shape index (κ1) is 18.3. The highest BCUT2D eigenvalue weighted by atomic mass is 32.2. The lowest BCUT2D eigenvalue weighted by Crippen LogP contribution is -2.60. The van der Waals surface area contributed by atoms with Crippen molar-refractivity contribution in [2.75, 3.05) is 18.6 Å². The molecule has 2 aliphatic rings. The van der Waals surface area contributed by atoms with Crippen molar-refractivity contribution in [2.45, 2.75) is 55.3 Å². The molecule has 6 N–H and O–H groups in total. The van der Waals surface area contributed by atoms with Crippen molar-refractivity contribution in [3.8, 4) is 0 Å². The molecule has 0 aliphatic carbocycles. The Morgan fingerprint density at radius 1 is 0.909 bits per heavy atom. The van der Waals surface area contributed by atoms with Crippen molar-refractivity contribution < 1.29 is 44.8 Å². The summed E-state index contributed by atoms with van der Waals surface area (Å²) in [7, 11) is 0. The number of thioether (sulfide) groups is 1. The van der Waals surface area contributed by atoms with Crippen molar-refractivity contribution in [1.29, 1.82) is 0 Å². The van der Waals surface area contributed by atoms with Gasteiger partial charge >= 0.3 is 0 Å². The third kappa shape index (κ3) is 3.56. The molecule has 2 heterocycles. The summed E-state index contributed by atoms with van der Waals surface area (Å²) in [5.41, 5.74) is 0. The lowest BCUT2D eigenvalue weighted by atomic mass is 9.99. The monoisotopic (exact) mass is 342 g/mol. The zero-order chi connectivity index (χ0) is 16.4. The zero-order valence-corrected chi connectivity index (χ0v) is 12.7. The third-order valence-electron chi connectivity index (χ3n) is 3.78. The molecule has 4 unspecified atom stereocenters. The van der Waals surface area contributed by atoms with E-state index in [1.165, 1.54) is 11.8 Å². The predicted octanol–water partition coefficient (Wildman–Crippen LogP) is -3.39. The fourth-order valence-corrected chi connectivity index (χ4v) is 3.12. The number of hydrogen-bond acceptors (Lipinski definition) is 10. The van der Waals surface area contributed by atoms with Gasteiger partial charge in [-0.2, -0.15) is 11.8 Å². The minimum atomic E-state index is -1.66.